The van der Waals surface area contributed by atoms with Gasteiger partial charge in [0.25, 0.3) is 0 Å². The molecule has 29 heavy (non-hydrogen) atoms. The van der Waals surface area contributed by atoms with Crippen LogP contribution in [0.15, 0.2) is 11.6 Å². The lowest BCUT2D eigenvalue weighted by Crippen LogP contribution is -2.68. The normalized spacial score (nSPS) is 37.1. The summed E-state index contributed by atoms with van der Waals surface area (Å²) >= 11 is 0. The zero-order valence-corrected chi connectivity index (χ0v) is 20.8. The standard InChI is InChI=1S/C25H42O3Si/c1-17(2)29(18(3)4,19(5)6)28-22-15-21-12-9-11-20(7)23-13-10-14-24(16-22,27-8)25(21,23)26/h13,17-22,26H,10-11,14-16H2,1-8H3/t20-,21-,22+,24-,25+/m1/s1. The number of rotatable bonds is 6. The van der Waals surface area contributed by atoms with Crippen molar-refractivity contribution in [2.75, 3.05) is 7.11 Å². The van der Waals surface area contributed by atoms with Crippen molar-refractivity contribution in [3.63, 3.8) is 0 Å². The van der Waals surface area contributed by atoms with Crippen LogP contribution < -0.4 is 0 Å². The smallest absolute Gasteiger partial charge is 0.200 e. The second kappa shape index (κ2) is 8.15. The molecule has 0 aliphatic heterocycles. The summed E-state index contributed by atoms with van der Waals surface area (Å²) in [4.78, 5) is 0. The molecule has 0 aromatic rings. The van der Waals surface area contributed by atoms with Gasteiger partial charge in [-0.15, -0.1) is 5.92 Å². The Kier molecular flexibility index (Phi) is 6.48. The predicted molar refractivity (Wildman–Crippen MR) is 122 cm³/mol. The molecule has 0 bridgehead atoms. The van der Waals surface area contributed by atoms with Crippen LogP contribution >= 0.6 is 0 Å². The first-order valence-electron chi connectivity index (χ1n) is 11.7. The highest BCUT2D eigenvalue weighted by atomic mass is 28.4. The number of aliphatic hydroxyl groups is 1. The Morgan fingerprint density at radius 1 is 1.14 bits per heavy atom. The third-order valence-corrected chi connectivity index (χ3v) is 14.4. The lowest BCUT2D eigenvalue weighted by Gasteiger charge is -2.58. The maximum atomic E-state index is 12.2. The zero-order valence-electron chi connectivity index (χ0n) is 19.8. The van der Waals surface area contributed by atoms with Gasteiger partial charge in [-0.1, -0.05) is 60.5 Å². The van der Waals surface area contributed by atoms with Crippen molar-refractivity contribution in [1.82, 2.24) is 0 Å². The molecule has 3 aliphatic carbocycles. The Hall–Kier alpha value is -0.603. The minimum absolute atomic E-state index is 0.0983. The summed E-state index contributed by atoms with van der Waals surface area (Å²) in [6.07, 6.45) is 6.55. The van der Waals surface area contributed by atoms with Crippen LogP contribution in [-0.4, -0.2) is 37.8 Å². The number of hydrogen-bond acceptors (Lipinski definition) is 3. The van der Waals surface area contributed by atoms with Crippen LogP contribution in [0.1, 0.15) is 80.6 Å². The molecule has 0 unspecified atom stereocenters. The Balaban J connectivity index is 2.02. The van der Waals surface area contributed by atoms with E-state index < -0.39 is 19.5 Å². The van der Waals surface area contributed by atoms with Gasteiger partial charge in [0.05, 0.1) is 5.92 Å². The molecule has 0 heterocycles. The van der Waals surface area contributed by atoms with Gasteiger partial charge in [-0.2, -0.15) is 0 Å². The summed E-state index contributed by atoms with van der Waals surface area (Å²) in [5, 5.41) is 12.2. The molecule has 1 N–H and O–H groups in total. The van der Waals surface area contributed by atoms with Gasteiger partial charge < -0.3 is 14.3 Å². The molecule has 0 spiro atoms. The topological polar surface area (TPSA) is 38.7 Å². The van der Waals surface area contributed by atoms with Gasteiger partial charge in [0.2, 0.25) is 8.32 Å². The van der Waals surface area contributed by atoms with Crippen molar-refractivity contribution in [1.29, 1.82) is 0 Å². The highest BCUT2D eigenvalue weighted by Gasteiger charge is 2.64. The van der Waals surface area contributed by atoms with E-state index in [1.54, 1.807) is 7.11 Å². The molecular formula is C25H42O3Si. The fourth-order valence-electron chi connectivity index (χ4n) is 7.04. The van der Waals surface area contributed by atoms with Crippen LogP contribution in [0.3, 0.4) is 0 Å². The first-order chi connectivity index (χ1) is 13.5. The van der Waals surface area contributed by atoms with E-state index in [1.807, 2.05) is 0 Å². The Bertz CT molecular complexity index is 679. The van der Waals surface area contributed by atoms with E-state index in [1.165, 1.54) is 0 Å². The van der Waals surface area contributed by atoms with Gasteiger partial charge in [-0.25, -0.2) is 0 Å². The molecule has 164 valence electrons. The third kappa shape index (κ3) is 3.37. The van der Waals surface area contributed by atoms with E-state index in [9.17, 15) is 5.11 Å². The summed E-state index contributed by atoms with van der Waals surface area (Å²) in [6, 6.07) is 0. The molecule has 4 heteroatoms. The molecule has 0 aromatic carbocycles. The fraction of sp³-hybridized carbons (Fsp3) is 0.840. The number of ether oxygens (including phenoxy) is 1. The Morgan fingerprint density at radius 3 is 2.31 bits per heavy atom. The molecule has 0 amide bonds. The molecule has 0 saturated heterocycles. The van der Waals surface area contributed by atoms with E-state index >= 15 is 0 Å². The van der Waals surface area contributed by atoms with Crippen LogP contribution in [0, 0.1) is 23.7 Å². The largest absolute Gasteiger partial charge is 0.413 e. The van der Waals surface area contributed by atoms with Crippen molar-refractivity contribution >= 4 is 8.32 Å². The van der Waals surface area contributed by atoms with Crippen molar-refractivity contribution in [3.8, 4) is 11.8 Å². The predicted octanol–water partition coefficient (Wildman–Crippen LogP) is 5.84. The van der Waals surface area contributed by atoms with Crippen LogP contribution in [0.4, 0.5) is 0 Å². The van der Waals surface area contributed by atoms with Crippen molar-refractivity contribution in [3.05, 3.63) is 11.6 Å². The van der Waals surface area contributed by atoms with Crippen LogP contribution in [0.5, 0.6) is 0 Å². The molecule has 0 aromatic heterocycles. The molecule has 3 aliphatic rings. The lowest BCUT2D eigenvalue weighted by molar-refractivity contribution is -0.214. The number of methoxy groups -OCH3 is 1. The molecule has 1 fully saturated rings. The van der Waals surface area contributed by atoms with E-state index in [0.29, 0.717) is 16.6 Å². The SMILES string of the molecule is CO[C@]12CCC=C3[C@H](C)CC#C[C@H](C[C@H](O[Si](C(C)C)(C(C)C)C(C)C)C1)[C@]32O. The van der Waals surface area contributed by atoms with E-state index in [2.05, 4.69) is 66.4 Å². The summed E-state index contributed by atoms with van der Waals surface area (Å²) in [6.45, 7) is 16.2. The Labute approximate surface area is 179 Å². The lowest BCUT2D eigenvalue weighted by atomic mass is 9.56. The average molecular weight is 419 g/mol. The molecule has 3 nitrogen and oxygen atoms in total. The first-order valence-corrected chi connectivity index (χ1v) is 13.8. The van der Waals surface area contributed by atoms with Gasteiger partial charge in [0.1, 0.15) is 11.2 Å². The van der Waals surface area contributed by atoms with E-state index in [0.717, 1.165) is 37.7 Å². The minimum Gasteiger partial charge on any atom is -0.413 e. The molecule has 3 rings (SSSR count). The second-order valence-electron chi connectivity index (χ2n) is 10.6. The molecular weight excluding hydrogens is 376 g/mol. The van der Waals surface area contributed by atoms with Crippen molar-refractivity contribution in [2.45, 2.75) is 114 Å². The maximum absolute atomic E-state index is 12.2. The van der Waals surface area contributed by atoms with Crippen LogP contribution in [0.2, 0.25) is 16.6 Å². The summed E-state index contributed by atoms with van der Waals surface area (Å²) in [5.74, 6) is 7.00. The monoisotopic (exact) mass is 418 g/mol. The zero-order chi connectivity index (χ0) is 21.6. The highest BCUT2D eigenvalue weighted by molar-refractivity contribution is 6.77. The molecule has 0 radical (unpaired) electrons. The fourth-order valence-corrected chi connectivity index (χ4v) is 12.6. The van der Waals surface area contributed by atoms with Gasteiger partial charge in [-0.3, -0.25) is 0 Å². The van der Waals surface area contributed by atoms with Gasteiger partial charge in [0.15, 0.2) is 0 Å². The quantitative estimate of drug-likeness (QED) is 0.335. The number of allylic oxidation sites excluding steroid dienone is 1. The highest BCUT2D eigenvalue weighted by Crippen LogP contribution is 2.56. The summed E-state index contributed by atoms with van der Waals surface area (Å²) in [5.41, 5.74) is 1.20. The maximum Gasteiger partial charge on any atom is 0.200 e. The van der Waals surface area contributed by atoms with Crippen molar-refractivity contribution in [2.24, 2.45) is 11.8 Å². The number of hydrogen-bond donors (Lipinski definition) is 1. The van der Waals surface area contributed by atoms with E-state index in [4.69, 9.17) is 9.16 Å². The summed E-state index contributed by atoms with van der Waals surface area (Å²) < 4.78 is 13.4. The van der Waals surface area contributed by atoms with E-state index in [-0.39, 0.29) is 17.9 Å². The first kappa shape index (κ1) is 23.1. The third-order valence-electron chi connectivity index (χ3n) is 8.29. The minimum atomic E-state index is -2.01. The van der Waals surface area contributed by atoms with Crippen LogP contribution in [-0.2, 0) is 9.16 Å². The van der Waals surface area contributed by atoms with Crippen molar-refractivity contribution < 1.29 is 14.3 Å². The van der Waals surface area contributed by atoms with Gasteiger partial charge >= 0.3 is 0 Å². The molecule has 1 saturated carbocycles. The van der Waals surface area contributed by atoms with Gasteiger partial charge in [0, 0.05) is 26.1 Å². The Morgan fingerprint density at radius 2 is 1.76 bits per heavy atom. The average Bonchev–Trinajstić information content (AvgIpc) is 2.76. The van der Waals surface area contributed by atoms with Gasteiger partial charge in [-0.05, 0) is 47.4 Å². The van der Waals surface area contributed by atoms with Crippen LogP contribution in [0.25, 0.3) is 0 Å². The molecule has 5 atom stereocenters. The summed E-state index contributed by atoms with van der Waals surface area (Å²) in [7, 11) is -0.230. The second-order valence-corrected chi connectivity index (χ2v) is 16.0.